The molecule has 3 amide bonds. The summed E-state index contributed by atoms with van der Waals surface area (Å²) in [5.74, 6) is -0.993. The molecular weight excluding hydrogens is 361 g/mol. The van der Waals surface area contributed by atoms with Crippen LogP contribution < -0.4 is 10.6 Å². The summed E-state index contributed by atoms with van der Waals surface area (Å²) in [6, 6.07) is 3.18. The van der Waals surface area contributed by atoms with Gasteiger partial charge in [-0.15, -0.1) is 11.6 Å². The minimum atomic E-state index is -0.798. The van der Waals surface area contributed by atoms with Gasteiger partial charge in [0.25, 0.3) is 0 Å². The average Bonchev–Trinajstić information content (AvgIpc) is 2.22. The molecular formula is C10H9ClFIN2O2. The van der Waals surface area contributed by atoms with Crippen LogP contribution in [0.2, 0.25) is 0 Å². The Morgan fingerprint density at radius 3 is 2.65 bits per heavy atom. The summed E-state index contributed by atoms with van der Waals surface area (Å²) < 4.78 is 13.3. The van der Waals surface area contributed by atoms with E-state index >= 15 is 0 Å². The zero-order valence-electron chi connectivity index (χ0n) is 8.76. The maximum atomic E-state index is 12.8. The molecule has 1 atom stereocenters. The smallest absolute Gasteiger partial charge is 0.307 e. The highest BCUT2D eigenvalue weighted by molar-refractivity contribution is 14.1. The van der Waals surface area contributed by atoms with Gasteiger partial charge in [-0.25, -0.2) is 9.18 Å². The molecule has 92 valence electrons. The van der Waals surface area contributed by atoms with Crippen molar-refractivity contribution in [3.63, 3.8) is 0 Å². The van der Waals surface area contributed by atoms with Gasteiger partial charge in [-0.3, -0.25) is 10.1 Å². The van der Waals surface area contributed by atoms with Crippen molar-refractivity contribution in [1.82, 2.24) is 5.32 Å². The van der Waals surface area contributed by atoms with E-state index in [2.05, 4.69) is 10.6 Å². The van der Waals surface area contributed by atoms with Crippen molar-refractivity contribution in [1.29, 1.82) is 0 Å². The fourth-order valence-corrected chi connectivity index (χ4v) is 1.62. The Hall–Kier alpha value is -0.890. The number of alkyl halides is 1. The van der Waals surface area contributed by atoms with Crippen LogP contribution in [0, 0.1) is 9.39 Å². The van der Waals surface area contributed by atoms with Crippen LogP contribution in [0.5, 0.6) is 0 Å². The van der Waals surface area contributed by atoms with Crippen LogP contribution in [0.1, 0.15) is 6.92 Å². The summed E-state index contributed by atoms with van der Waals surface area (Å²) in [4.78, 5) is 22.5. The van der Waals surface area contributed by atoms with E-state index in [1.807, 2.05) is 22.6 Å². The Morgan fingerprint density at radius 2 is 2.12 bits per heavy atom. The van der Waals surface area contributed by atoms with Crippen molar-refractivity contribution in [2.75, 3.05) is 5.32 Å². The highest BCUT2D eigenvalue weighted by atomic mass is 127. The van der Waals surface area contributed by atoms with E-state index in [1.54, 1.807) is 0 Å². The molecule has 0 bridgehead atoms. The largest absolute Gasteiger partial charge is 0.325 e. The van der Waals surface area contributed by atoms with Crippen molar-refractivity contribution in [3.8, 4) is 0 Å². The van der Waals surface area contributed by atoms with Gasteiger partial charge in [-0.1, -0.05) is 0 Å². The highest BCUT2D eigenvalue weighted by Crippen LogP contribution is 2.18. The van der Waals surface area contributed by atoms with Gasteiger partial charge in [0, 0.05) is 3.57 Å². The fraction of sp³-hybridized carbons (Fsp3) is 0.200. The second-order valence-electron chi connectivity index (χ2n) is 3.18. The number of nitrogens with one attached hydrogen (secondary N) is 2. The van der Waals surface area contributed by atoms with Gasteiger partial charge in [-0.05, 0) is 47.7 Å². The number of imide groups is 1. The zero-order valence-corrected chi connectivity index (χ0v) is 11.7. The lowest BCUT2D eigenvalue weighted by atomic mass is 10.3. The normalized spacial score (nSPS) is 11.8. The first-order valence-corrected chi connectivity index (χ1v) is 6.12. The first-order chi connectivity index (χ1) is 7.90. The molecule has 0 radical (unpaired) electrons. The molecule has 0 aliphatic heterocycles. The Morgan fingerprint density at radius 1 is 1.47 bits per heavy atom. The van der Waals surface area contributed by atoms with Crippen LogP contribution in [0.3, 0.4) is 0 Å². The van der Waals surface area contributed by atoms with Crippen molar-refractivity contribution in [2.24, 2.45) is 0 Å². The molecule has 1 rings (SSSR count). The molecule has 0 aliphatic rings. The van der Waals surface area contributed by atoms with Gasteiger partial charge < -0.3 is 5.32 Å². The Balaban J connectivity index is 2.65. The Bertz CT molecular complexity index is 454. The Kier molecular flexibility index (Phi) is 5.13. The molecule has 17 heavy (non-hydrogen) atoms. The topological polar surface area (TPSA) is 58.2 Å². The summed E-state index contributed by atoms with van der Waals surface area (Å²) in [5, 5.41) is 3.67. The maximum absolute atomic E-state index is 12.8. The van der Waals surface area contributed by atoms with Crippen LogP contribution in [0.4, 0.5) is 14.9 Å². The average molecular weight is 371 g/mol. The van der Waals surface area contributed by atoms with Crippen LogP contribution in [0.25, 0.3) is 0 Å². The number of anilines is 1. The summed E-state index contributed by atoms with van der Waals surface area (Å²) in [6.45, 7) is 1.45. The predicted molar refractivity (Wildman–Crippen MR) is 71.6 cm³/mol. The van der Waals surface area contributed by atoms with Crippen molar-refractivity contribution < 1.29 is 14.0 Å². The second kappa shape index (κ2) is 6.15. The minimum absolute atomic E-state index is 0.397. The quantitative estimate of drug-likeness (QED) is 0.621. The highest BCUT2D eigenvalue weighted by Gasteiger charge is 2.13. The lowest BCUT2D eigenvalue weighted by molar-refractivity contribution is -0.119. The molecule has 0 spiro atoms. The van der Waals surface area contributed by atoms with Crippen LogP contribution in [-0.2, 0) is 4.79 Å². The van der Waals surface area contributed by atoms with Crippen LogP contribution >= 0.6 is 34.2 Å². The number of halogens is 3. The van der Waals surface area contributed by atoms with Gasteiger partial charge in [-0.2, -0.15) is 0 Å². The monoisotopic (exact) mass is 370 g/mol. The molecule has 1 unspecified atom stereocenters. The third-order valence-electron chi connectivity index (χ3n) is 1.78. The molecule has 1 aromatic carbocycles. The number of carbonyl (C=O) groups excluding carboxylic acids is 2. The van der Waals surface area contributed by atoms with E-state index in [9.17, 15) is 14.0 Å². The molecule has 0 aliphatic carbocycles. The van der Waals surface area contributed by atoms with Gasteiger partial charge in [0.15, 0.2) is 0 Å². The van der Waals surface area contributed by atoms with Gasteiger partial charge in [0.05, 0.1) is 5.69 Å². The van der Waals surface area contributed by atoms with Gasteiger partial charge in [0.1, 0.15) is 11.2 Å². The predicted octanol–water partition coefficient (Wildman–Crippen LogP) is 2.71. The third-order valence-corrected chi connectivity index (χ3v) is 2.87. The molecule has 0 fully saturated rings. The number of urea groups is 1. The molecule has 4 nitrogen and oxygen atoms in total. The van der Waals surface area contributed by atoms with E-state index < -0.39 is 23.1 Å². The van der Waals surface area contributed by atoms with Crippen LogP contribution in [0.15, 0.2) is 18.2 Å². The standard InChI is InChI=1S/C10H9ClFIN2O2/c1-5(11)9(16)15-10(17)14-8-3-2-6(12)4-7(8)13/h2-5H,1H3,(H2,14,15,16,17). The van der Waals surface area contributed by atoms with E-state index in [-0.39, 0.29) is 0 Å². The number of benzene rings is 1. The van der Waals surface area contributed by atoms with Gasteiger partial charge >= 0.3 is 6.03 Å². The number of hydrogen-bond acceptors (Lipinski definition) is 2. The van der Waals surface area contributed by atoms with Crippen LogP contribution in [-0.4, -0.2) is 17.3 Å². The first kappa shape index (κ1) is 14.2. The first-order valence-electron chi connectivity index (χ1n) is 4.61. The summed E-state index contributed by atoms with van der Waals surface area (Å²) in [5.41, 5.74) is 0.416. The van der Waals surface area contributed by atoms with E-state index in [1.165, 1.54) is 25.1 Å². The lowest BCUT2D eigenvalue weighted by Crippen LogP contribution is -2.38. The van der Waals surface area contributed by atoms with Crippen molar-refractivity contribution in [3.05, 3.63) is 27.6 Å². The fourth-order valence-electron chi connectivity index (χ4n) is 0.956. The van der Waals surface area contributed by atoms with Crippen molar-refractivity contribution >= 4 is 51.8 Å². The Labute approximate surface area is 116 Å². The molecule has 7 heteroatoms. The SMILES string of the molecule is CC(Cl)C(=O)NC(=O)Nc1ccc(F)cc1I. The second-order valence-corrected chi connectivity index (χ2v) is 5.00. The zero-order chi connectivity index (χ0) is 13.0. The number of carbonyl (C=O) groups is 2. The van der Waals surface area contributed by atoms with Gasteiger partial charge in [0.2, 0.25) is 5.91 Å². The van der Waals surface area contributed by atoms with E-state index in [0.717, 1.165) is 0 Å². The number of rotatable bonds is 2. The molecule has 0 saturated carbocycles. The number of hydrogen-bond donors (Lipinski definition) is 2. The lowest BCUT2D eigenvalue weighted by Gasteiger charge is -2.09. The number of amides is 3. The molecule has 0 saturated heterocycles. The van der Waals surface area contributed by atoms with Crippen molar-refractivity contribution in [2.45, 2.75) is 12.3 Å². The minimum Gasteiger partial charge on any atom is -0.307 e. The molecule has 2 N–H and O–H groups in total. The van der Waals surface area contributed by atoms with E-state index in [4.69, 9.17) is 11.6 Å². The maximum Gasteiger partial charge on any atom is 0.325 e. The third kappa shape index (κ3) is 4.47. The molecule has 0 aromatic heterocycles. The summed E-state index contributed by atoms with van der Waals surface area (Å²) in [6.07, 6.45) is 0. The van der Waals surface area contributed by atoms with E-state index in [0.29, 0.717) is 9.26 Å². The summed E-state index contributed by atoms with van der Waals surface area (Å²) >= 11 is 7.36. The molecule has 1 aromatic rings. The summed E-state index contributed by atoms with van der Waals surface area (Å²) in [7, 11) is 0. The molecule has 0 heterocycles.